The summed E-state index contributed by atoms with van der Waals surface area (Å²) >= 11 is 0. The van der Waals surface area contributed by atoms with Crippen LogP contribution in [-0.4, -0.2) is 42.5 Å². The van der Waals surface area contributed by atoms with Crippen molar-refractivity contribution in [3.05, 3.63) is 47.2 Å². The number of nitrogens with one attached hydrogen (secondary N) is 2. The Labute approximate surface area is 187 Å². The summed E-state index contributed by atoms with van der Waals surface area (Å²) in [5.41, 5.74) is 5.58. The molecule has 3 aromatic rings. The van der Waals surface area contributed by atoms with Gasteiger partial charge in [0.15, 0.2) is 11.5 Å². The maximum Gasteiger partial charge on any atom is 0.416 e. The number of nitrogens with zero attached hydrogens (tertiary/aromatic N) is 1. The van der Waals surface area contributed by atoms with Crippen LogP contribution in [0.4, 0.5) is 18.9 Å². The summed E-state index contributed by atoms with van der Waals surface area (Å²) in [5.74, 6) is 0.242. The topological polar surface area (TPSA) is 111 Å². The van der Waals surface area contributed by atoms with Crippen LogP contribution >= 0.6 is 0 Å². The molecule has 0 spiro atoms. The predicted octanol–water partition coefficient (Wildman–Crippen LogP) is 3.83. The van der Waals surface area contributed by atoms with Crippen molar-refractivity contribution in [2.45, 2.75) is 31.7 Å². The van der Waals surface area contributed by atoms with Crippen LogP contribution in [0.1, 0.15) is 40.9 Å². The van der Waals surface area contributed by atoms with E-state index in [-0.39, 0.29) is 22.9 Å². The van der Waals surface area contributed by atoms with E-state index in [1.807, 2.05) is 0 Å². The van der Waals surface area contributed by atoms with E-state index < -0.39 is 23.7 Å². The largest absolute Gasteiger partial charge is 0.492 e. The van der Waals surface area contributed by atoms with Crippen LogP contribution in [0.5, 0.6) is 11.5 Å². The molecule has 0 unspecified atom stereocenters. The lowest BCUT2D eigenvalue weighted by molar-refractivity contribution is -0.137. The fourth-order valence-corrected chi connectivity index (χ4v) is 3.78. The van der Waals surface area contributed by atoms with E-state index in [2.05, 4.69) is 15.5 Å². The quantitative estimate of drug-likeness (QED) is 0.478. The second-order valence-electron chi connectivity index (χ2n) is 7.80. The Morgan fingerprint density at radius 1 is 1.33 bits per heavy atom. The first kappa shape index (κ1) is 22.7. The Balaban J connectivity index is 1.65. The van der Waals surface area contributed by atoms with Gasteiger partial charge in [0.25, 0.3) is 5.91 Å². The standard InChI is InChI=1S/C22H23F3N4O4/c1-11(12-5-13(22(23,24)25)7-14(26)6-12)28-21(30)16-8-18(33-15-3-4-32-10-15)20(31-2)17-9-27-29-19(16)17/h5-9,11,15H,3-4,10,26H2,1-2H3,(H,27,29)(H,28,30)/t11-,15+/m1/s1. The first-order valence-corrected chi connectivity index (χ1v) is 10.2. The van der Waals surface area contributed by atoms with Crippen molar-refractivity contribution in [3.8, 4) is 11.5 Å². The van der Waals surface area contributed by atoms with Crippen LogP contribution in [-0.2, 0) is 10.9 Å². The minimum Gasteiger partial charge on any atom is -0.492 e. The number of halogens is 3. The van der Waals surface area contributed by atoms with Gasteiger partial charge in [0.2, 0.25) is 0 Å². The van der Waals surface area contributed by atoms with Gasteiger partial charge in [-0.3, -0.25) is 9.89 Å². The van der Waals surface area contributed by atoms with Crippen molar-refractivity contribution >= 4 is 22.5 Å². The lowest BCUT2D eigenvalue weighted by Gasteiger charge is -2.19. The van der Waals surface area contributed by atoms with E-state index in [9.17, 15) is 18.0 Å². The second kappa shape index (κ2) is 8.81. The number of aromatic amines is 1. The summed E-state index contributed by atoms with van der Waals surface area (Å²) in [6, 6.07) is 3.99. The molecule has 1 aliphatic rings. The number of anilines is 1. The molecule has 0 aliphatic carbocycles. The fraction of sp³-hybridized carbons (Fsp3) is 0.364. The summed E-state index contributed by atoms with van der Waals surface area (Å²) in [7, 11) is 1.49. The third-order valence-corrected chi connectivity index (χ3v) is 5.44. The second-order valence-corrected chi connectivity index (χ2v) is 7.80. The number of nitrogen functional groups attached to an aromatic ring is 1. The maximum atomic E-state index is 13.2. The van der Waals surface area contributed by atoms with Crippen molar-refractivity contribution in [3.63, 3.8) is 0 Å². The molecule has 2 aromatic carbocycles. The Morgan fingerprint density at radius 2 is 2.12 bits per heavy atom. The number of ether oxygens (including phenoxy) is 3. The van der Waals surface area contributed by atoms with E-state index in [0.29, 0.717) is 42.0 Å². The zero-order chi connectivity index (χ0) is 23.8. The number of carbonyl (C=O) groups is 1. The highest BCUT2D eigenvalue weighted by Crippen LogP contribution is 2.38. The first-order valence-electron chi connectivity index (χ1n) is 10.2. The highest BCUT2D eigenvalue weighted by atomic mass is 19.4. The molecule has 2 heterocycles. The zero-order valence-electron chi connectivity index (χ0n) is 18.0. The fourth-order valence-electron chi connectivity index (χ4n) is 3.78. The number of fused-ring (bicyclic) bond motifs is 1. The molecule has 11 heteroatoms. The summed E-state index contributed by atoms with van der Waals surface area (Å²) in [5, 5.41) is 10.0. The molecule has 4 rings (SSSR count). The van der Waals surface area contributed by atoms with E-state index >= 15 is 0 Å². The average molecular weight is 464 g/mol. The molecule has 1 amide bonds. The lowest BCUT2D eigenvalue weighted by Crippen LogP contribution is -2.27. The highest BCUT2D eigenvalue weighted by Gasteiger charge is 2.32. The van der Waals surface area contributed by atoms with Crippen LogP contribution in [0.3, 0.4) is 0 Å². The van der Waals surface area contributed by atoms with Gasteiger partial charge in [-0.05, 0) is 36.8 Å². The van der Waals surface area contributed by atoms with E-state index in [1.165, 1.54) is 25.4 Å². The summed E-state index contributed by atoms with van der Waals surface area (Å²) in [6.07, 6.45) is -2.53. The van der Waals surface area contributed by atoms with Crippen molar-refractivity contribution in [1.29, 1.82) is 0 Å². The molecule has 1 saturated heterocycles. The Morgan fingerprint density at radius 3 is 2.79 bits per heavy atom. The predicted molar refractivity (Wildman–Crippen MR) is 114 cm³/mol. The van der Waals surface area contributed by atoms with Gasteiger partial charge in [0.05, 0.1) is 54.6 Å². The Kier molecular flexibility index (Phi) is 6.07. The minimum absolute atomic E-state index is 0.0456. The number of hydrogen-bond acceptors (Lipinski definition) is 6. The molecule has 0 saturated carbocycles. The molecule has 176 valence electrons. The normalized spacial score (nSPS) is 17.2. The van der Waals surface area contributed by atoms with Gasteiger partial charge in [0, 0.05) is 12.1 Å². The van der Waals surface area contributed by atoms with Crippen molar-refractivity contribution < 1.29 is 32.2 Å². The molecule has 0 bridgehead atoms. The first-order chi connectivity index (χ1) is 15.7. The molecular weight excluding hydrogens is 441 g/mol. The van der Waals surface area contributed by atoms with Crippen molar-refractivity contribution in [2.24, 2.45) is 0 Å². The number of nitrogens with two attached hydrogens (primary N) is 1. The molecule has 0 radical (unpaired) electrons. The SMILES string of the molecule is COc1c(O[C@H]2CCOC2)cc(C(=O)N[C@H](C)c2cc(N)cc(C(F)(F)F)c2)c2[nH]ncc12. The number of hydrogen-bond donors (Lipinski definition) is 3. The zero-order valence-corrected chi connectivity index (χ0v) is 18.0. The third kappa shape index (κ3) is 4.68. The number of aromatic nitrogens is 2. The van der Waals surface area contributed by atoms with Gasteiger partial charge in [-0.2, -0.15) is 18.3 Å². The van der Waals surface area contributed by atoms with E-state index in [1.54, 1.807) is 6.92 Å². The smallest absolute Gasteiger partial charge is 0.416 e. The number of rotatable bonds is 6. The van der Waals surface area contributed by atoms with Crippen molar-refractivity contribution in [1.82, 2.24) is 15.5 Å². The summed E-state index contributed by atoms with van der Waals surface area (Å²) in [4.78, 5) is 13.2. The number of alkyl halides is 3. The Bertz CT molecular complexity index is 1170. The number of methoxy groups -OCH3 is 1. The average Bonchev–Trinajstić information content (AvgIpc) is 3.44. The van der Waals surface area contributed by atoms with Crippen LogP contribution in [0.15, 0.2) is 30.5 Å². The number of carbonyl (C=O) groups excluding carboxylic acids is 1. The highest BCUT2D eigenvalue weighted by molar-refractivity contribution is 6.08. The third-order valence-electron chi connectivity index (χ3n) is 5.44. The van der Waals surface area contributed by atoms with E-state index in [4.69, 9.17) is 19.9 Å². The van der Waals surface area contributed by atoms with Gasteiger partial charge >= 0.3 is 6.18 Å². The summed E-state index contributed by atoms with van der Waals surface area (Å²) in [6.45, 7) is 2.57. The molecule has 8 nitrogen and oxygen atoms in total. The number of benzene rings is 2. The van der Waals surface area contributed by atoms with Crippen molar-refractivity contribution in [2.75, 3.05) is 26.1 Å². The van der Waals surface area contributed by atoms with Crippen LogP contribution in [0.25, 0.3) is 10.9 Å². The Hall–Kier alpha value is -3.47. The van der Waals surface area contributed by atoms with Gasteiger partial charge in [-0.25, -0.2) is 0 Å². The van der Waals surface area contributed by atoms with Gasteiger partial charge in [0.1, 0.15) is 6.10 Å². The monoisotopic (exact) mass is 464 g/mol. The molecule has 1 fully saturated rings. The number of amides is 1. The van der Waals surface area contributed by atoms with E-state index in [0.717, 1.165) is 12.1 Å². The number of H-pyrrole nitrogens is 1. The van der Waals surface area contributed by atoms with Crippen LogP contribution in [0, 0.1) is 0 Å². The summed E-state index contributed by atoms with van der Waals surface area (Å²) < 4.78 is 56.4. The van der Waals surface area contributed by atoms with Gasteiger partial charge < -0.3 is 25.3 Å². The van der Waals surface area contributed by atoms with Gasteiger partial charge in [-0.15, -0.1) is 0 Å². The van der Waals surface area contributed by atoms with Crippen LogP contribution < -0.4 is 20.5 Å². The van der Waals surface area contributed by atoms with Crippen LogP contribution in [0.2, 0.25) is 0 Å². The lowest BCUT2D eigenvalue weighted by atomic mass is 10.0. The molecular formula is C22H23F3N4O4. The molecule has 33 heavy (non-hydrogen) atoms. The maximum absolute atomic E-state index is 13.2. The molecule has 4 N–H and O–H groups in total. The minimum atomic E-state index is -4.55. The molecule has 1 aliphatic heterocycles. The van der Waals surface area contributed by atoms with Gasteiger partial charge in [-0.1, -0.05) is 0 Å². The molecule has 2 atom stereocenters. The molecule has 1 aromatic heterocycles.